The predicted octanol–water partition coefficient (Wildman–Crippen LogP) is 4.89. The third-order valence-corrected chi connectivity index (χ3v) is 5.98. The van der Waals surface area contributed by atoms with Crippen LogP contribution in [0.15, 0.2) is 64.6 Å². The van der Waals surface area contributed by atoms with Gasteiger partial charge in [-0.05, 0) is 73.4 Å². The Balaban J connectivity index is 1.92. The highest BCUT2D eigenvalue weighted by Crippen LogP contribution is 2.42. The molecular formula is C27H26FN3O2. The molecular weight excluding hydrogens is 417 g/mol. The molecule has 3 aromatic carbocycles. The van der Waals surface area contributed by atoms with Gasteiger partial charge < -0.3 is 15.3 Å². The zero-order valence-corrected chi connectivity index (χ0v) is 19.1. The molecule has 0 aliphatic carbocycles. The van der Waals surface area contributed by atoms with Crippen LogP contribution in [0.1, 0.15) is 34.7 Å². The van der Waals surface area contributed by atoms with E-state index in [9.17, 15) is 9.18 Å². The number of aryl methyl sites for hydroxylation is 2. The van der Waals surface area contributed by atoms with Gasteiger partial charge in [-0.1, -0.05) is 24.3 Å². The molecule has 0 bridgehead atoms. The maximum absolute atomic E-state index is 14.8. The van der Waals surface area contributed by atoms with Crippen molar-refractivity contribution in [2.75, 3.05) is 7.11 Å². The molecule has 2 N–H and O–H groups in total. The summed E-state index contributed by atoms with van der Waals surface area (Å²) in [6, 6.07) is 16.2. The number of nitrogens with zero attached hydrogens (tertiary/aromatic N) is 2. The van der Waals surface area contributed by atoms with Crippen molar-refractivity contribution in [3.05, 3.63) is 88.2 Å². The van der Waals surface area contributed by atoms with Crippen molar-refractivity contribution in [2.24, 2.45) is 15.7 Å². The number of aliphatic imine (C=N–C) groups is 2. The lowest BCUT2D eigenvalue weighted by Crippen LogP contribution is -2.23. The average Bonchev–Trinajstić information content (AvgIpc) is 3.10. The number of carbonyl (C=O) groups is 1. The number of benzene rings is 3. The molecule has 33 heavy (non-hydrogen) atoms. The molecule has 6 heteroatoms. The van der Waals surface area contributed by atoms with Crippen molar-refractivity contribution in [2.45, 2.75) is 32.9 Å². The van der Waals surface area contributed by atoms with E-state index < -0.39 is 5.66 Å². The molecule has 0 fully saturated rings. The minimum Gasteiger partial charge on any atom is -0.496 e. The first kappa shape index (κ1) is 22.4. The standard InChI is InChI=1S/C27H26FN3O2/c1-16-12-22(13-17(2)25(16)33-4)27(30-18(3)26(29)31-27)21-7-5-6-20(15-21)23-14-19(10-11-32)8-9-24(23)28/h5-9,11-15H,10H2,1-4H3,(H2,29,31). The lowest BCUT2D eigenvalue weighted by molar-refractivity contribution is -0.107. The van der Waals surface area contributed by atoms with Crippen LogP contribution in [0.25, 0.3) is 11.1 Å². The maximum Gasteiger partial charge on any atom is 0.204 e. The van der Waals surface area contributed by atoms with Crippen LogP contribution in [0.2, 0.25) is 0 Å². The molecule has 3 aromatic rings. The molecule has 0 saturated carbocycles. The zero-order chi connectivity index (χ0) is 23.8. The van der Waals surface area contributed by atoms with Gasteiger partial charge in [0.05, 0.1) is 12.8 Å². The molecule has 1 unspecified atom stereocenters. The SMILES string of the molecule is COc1c(C)cc(C2(c3cccc(-c4cc(CC=O)ccc4F)c3)N=C(C)C(N)=N2)cc1C. The van der Waals surface area contributed by atoms with E-state index in [-0.39, 0.29) is 12.2 Å². The zero-order valence-electron chi connectivity index (χ0n) is 19.1. The summed E-state index contributed by atoms with van der Waals surface area (Å²) in [5.74, 6) is 0.819. The molecule has 1 heterocycles. The maximum atomic E-state index is 14.8. The van der Waals surface area contributed by atoms with Gasteiger partial charge in [0.15, 0.2) is 0 Å². The van der Waals surface area contributed by atoms with E-state index in [1.807, 2.05) is 57.2 Å². The number of hydrogen-bond acceptors (Lipinski definition) is 5. The van der Waals surface area contributed by atoms with Crippen molar-refractivity contribution < 1.29 is 13.9 Å². The largest absolute Gasteiger partial charge is 0.496 e. The molecule has 1 atom stereocenters. The van der Waals surface area contributed by atoms with Gasteiger partial charge in [0.1, 0.15) is 23.7 Å². The smallest absolute Gasteiger partial charge is 0.204 e. The van der Waals surface area contributed by atoms with Crippen molar-refractivity contribution in [1.29, 1.82) is 0 Å². The van der Waals surface area contributed by atoms with Gasteiger partial charge >= 0.3 is 0 Å². The Morgan fingerprint density at radius 1 is 1.00 bits per heavy atom. The number of amidine groups is 1. The van der Waals surface area contributed by atoms with Crippen LogP contribution < -0.4 is 10.5 Å². The fourth-order valence-corrected chi connectivity index (χ4v) is 4.40. The fourth-order valence-electron chi connectivity index (χ4n) is 4.40. The van der Waals surface area contributed by atoms with E-state index in [0.717, 1.165) is 39.9 Å². The summed E-state index contributed by atoms with van der Waals surface area (Å²) in [7, 11) is 1.65. The summed E-state index contributed by atoms with van der Waals surface area (Å²) in [4.78, 5) is 20.6. The van der Waals surface area contributed by atoms with Crippen LogP contribution in [-0.4, -0.2) is 24.9 Å². The van der Waals surface area contributed by atoms with Crippen molar-refractivity contribution in [1.82, 2.24) is 0 Å². The van der Waals surface area contributed by atoms with Crippen LogP contribution in [0.5, 0.6) is 5.75 Å². The monoisotopic (exact) mass is 443 g/mol. The summed E-state index contributed by atoms with van der Waals surface area (Å²) in [6.07, 6.45) is 1.04. The molecule has 5 nitrogen and oxygen atoms in total. The third kappa shape index (κ3) is 3.93. The van der Waals surface area contributed by atoms with Gasteiger partial charge in [-0.25, -0.2) is 14.4 Å². The number of hydrogen-bond donors (Lipinski definition) is 1. The van der Waals surface area contributed by atoms with Gasteiger partial charge in [-0.2, -0.15) is 0 Å². The molecule has 4 rings (SSSR count). The van der Waals surface area contributed by atoms with Crippen LogP contribution in [0.3, 0.4) is 0 Å². The lowest BCUT2D eigenvalue weighted by Gasteiger charge is -2.26. The summed E-state index contributed by atoms with van der Waals surface area (Å²) >= 11 is 0. The number of nitrogens with two attached hydrogens (primary N) is 1. The van der Waals surface area contributed by atoms with Crippen LogP contribution >= 0.6 is 0 Å². The van der Waals surface area contributed by atoms with Gasteiger partial charge in [0.25, 0.3) is 0 Å². The van der Waals surface area contributed by atoms with E-state index in [1.54, 1.807) is 19.2 Å². The fraction of sp³-hybridized carbons (Fsp3) is 0.222. The minimum atomic E-state index is -1.08. The van der Waals surface area contributed by atoms with E-state index in [4.69, 9.17) is 20.5 Å². The van der Waals surface area contributed by atoms with Crippen LogP contribution in [-0.2, 0) is 16.9 Å². The molecule has 168 valence electrons. The summed E-state index contributed by atoms with van der Waals surface area (Å²) < 4.78 is 20.3. The molecule has 0 aromatic heterocycles. The number of rotatable bonds is 6. The Labute approximate surface area is 192 Å². The first-order valence-corrected chi connectivity index (χ1v) is 10.7. The summed E-state index contributed by atoms with van der Waals surface area (Å²) in [6.45, 7) is 5.79. The molecule has 0 spiro atoms. The highest BCUT2D eigenvalue weighted by molar-refractivity contribution is 6.41. The second kappa shape index (κ2) is 8.62. The predicted molar refractivity (Wildman–Crippen MR) is 130 cm³/mol. The number of ether oxygens (including phenoxy) is 1. The Morgan fingerprint density at radius 3 is 2.33 bits per heavy atom. The van der Waals surface area contributed by atoms with E-state index >= 15 is 0 Å². The van der Waals surface area contributed by atoms with Gasteiger partial charge in [0.2, 0.25) is 5.66 Å². The number of aldehydes is 1. The number of carbonyl (C=O) groups excluding carboxylic acids is 1. The minimum absolute atomic E-state index is 0.228. The van der Waals surface area contributed by atoms with Gasteiger partial charge in [-0.3, -0.25) is 0 Å². The highest BCUT2D eigenvalue weighted by Gasteiger charge is 2.39. The second-order valence-corrected chi connectivity index (χ2v) is 8.28. The third-order valence-electron chi connectivity index (χ3n) is 5.98. The van der Waals surface area contributed by atoms with Crippen LogP contribution in [0.4, 0.5) is 4.39 Å². The molecule has 0 radical (unpaired) electrons. The van der Waals surface area contributed by atoms with Gasteiger partial charge in [-0.15, -0.1) is 0 Å². The van der Waals surface area contributed by atoms with E-state index in [0.29, 0.717) is 22.7 Å². The number of halogens is 1. The van der Waals surface area contributed by atoms with Crippen LogP contribution in [0, 0.1) is 19.7 Å². The Hall–Kier alpha value is -3.80. The Morgan fingerprint density at radius 2 is 1.73 bits per heavy atom. The first-order chi connectivity index (χ1) is 15.8. The van der Waals surface area contributed by atoms with Crippen molar-refractivity contribution in [3.8, 4) is 16.9 Å². The molecule has 1 aliphatic rings. The Bertz CT molecular complexity index is 1270. The Kier molecular flexibility index (Phi) is 5.85. The van der Waals surface area contributed by atoms with E-state index in [2.05, 4.69) is 0 Å². The molecule has 0 amide bonds. The number of methoxy groups -OCH3 is 1. The topological polar surface area (TPSA) is 77.0 Å². The second-order valence-electron chi connectivity index (χ2n) is 8.28. The molecule has 1 aliphatic heterocycles. The van der Waals surface area contributed by atoms with Crippen molar-refractivity contribution in [3.63, 3.8) is 0 Å². The van der Waals surface area contributed by atoms with E-state index in [1.165, 1.54) is 6.07 Å². The van der Waals surface area contributed by atoms with Crippen molar-refractivity contribution >= 4 is 17.8 Å². The summed E-state index contributed by atoms with van der Waals surface area (Å²) in [5, 5.41) is 0. The quantitative estimate of drug-likeness (QED) is 0.551. The first-order valence-electron chi connectivity index (χ1n) is 10.7. The summed E-state index contributed by atoms with van der Waals surface area (Å²) in [5.41, 5.74) is 11.1. The lowest BCUT2D eigenvalue weighted by atomic mass is 9.88. The normalized spacial score (nSPS) is 17.5. The highest BCUT2D eigenvalue weighted by atomic mass is 19.1. The molecule has 0 saturated heterocycles. The van der Waals surface area contributed by atoms with Gasteiger partial charge in [0, 0.05) is 23.1 Å². The average molecular weight is 444 g/mol.